The van der Waals surface area contributed by atoms with E-state index in [0.717, 1.165) is 0 Å². The molecule has 0 aliphatic rings. The Morgan fingerprint density at radius 3 is 1.58 bits per heavy atom. The van der Waals surface area contributed by atoms with Crippen LogP contribution < -0.4 is 0 Å². The summed E-state index contributed by atoms with van der Waals surface area (Å²) in [5.74, 6) is -5.18. The van der Waals surface area contributed by atoms with E-state index in [1.807, 2.05) is 0 Å². The van der Waals surface area contributed by atoms with Crippen LogP contribution in [0.3, 0.4) is 0 Å². The third-order valence-corrected chi connectivity index (χ3v) is 1.48. The van der Waals surface area contributed by atoms with E-state index in [-0.39, 0.29) is 88.7 Å². The molecule has 19 heavy (non-hydrogen) atoms. The van der Waals surface area contributed by atoms with Gasteiger partial charge in [-0.2, -0.15) is 0 Å². The van der Waals surface area contributed by atoms with Crippen LogP contribution in [-0.2, 0) is 19.1 Å². The van der Waals surface area contributed by atoms with E-state index in [1.54, 1.807) is 0 Å². The normalized spacial score (nSPS) is 11.4. The van der Waals surface area contributed by atoms with Gasteiger partial charge >= 0.3 is 113 Å². The van der Waals surface area contributed by atoms with Gasteiger partial charge in [0.15, 0.2) is 5.60 Å². The first-order valence-corrected chi connectivity index (χ1v) is 3.78. The fourth-order valence-corrected chi connectivity index (χ4v) is 0.836. The van der Waals surface area contributed by atoms with E-state index >= 15 is 0 Å². The molecule has 0 spiro atoms. The van der Waals surface area contributed by atoms with Gasteiger partial charge in [0, 0.05) is 0 Å². The van der Waals surface area contributed by atoms with Crippen molar-refractivity contribution in [2.45, 2.75) is 18.4 Å². The summed E-state index contributed by atoms with van der Waals surface area (Å²) in [6, 6.07) is 0. The van der Waals surface area contributed by atoms with E-state index < -0.39 is 42.5 Å². The van der Waals surface area contributed by atoms with E-state index in [4.69, 9.17) is 15.3 Å². The predicted molar refractivity (Wildman–Crippen MR) is 65.0 cm³/mol. The Labute approximate surface area is 173 Å². The van der Waals surface area contributed by atoms with Crippen molar-refractivity contribution in [1.82, 2.24) is 0 Å². The molecule has 0 fully saturated rings. The number of hydrogen-bond acceptors (Lipinski definition) is 6. The van der Waals surface area contributed by atoms with Crippen molar-refractivity contribution in [3.63, 3.8) is 0 Å². The summed E-state index contributed by atoms with van der Waals surface area (Å²) in [6.07, 6.45) is -4.51. The summed E-state index contributed by atoms with van der Waals surface area (Å²) >= 11 is 0. The van der Waals surface area contributed by atoms with Crippen molar-refractivity contribution >= 4 is 113 Å². The molecule has 12 heteroatoms. The quantitative estimate of drug-likeness (QED) is 0.235. The Morgan fingerprint density at radius 2 is 1.32 bits per heavy atom. The van der Waals surface area contributed by atoms with Gasteiger partial charge in [0.2, 0.25) is 0 Å². The van der Waals surface area contributed by atoms with E-state index in [1.165, 1.54) is 0 Å². The molecule has 0 aliphatic carbocycles. The van der Waals surface area contributed by atoms with Gasteiger partial charge in [0.05, 0.1) is 12.8 Å². The molecule has 96 valence electrons. The third-order valence-electron chi connectivity index (χ3n) is 1.48. The SMILES string of the molecule is O=C(O)CC(O)(CC(=O)OC(=O)O)C(=O)O.[NaH].[NaH].[NaH]. The fraction of sp³-hybridized carbons (Fsp3) is 0.429. The molecule has 0 heterocycles. The number of carbonyl (C=O) groups excluding carboxylic acids is 1. The summed E-state index contributed by atoms with van der Waals surface area (Å²) in [5.41, 5.74) is -2.89. The molecule has 0 aromatic heterocycles. The molecule has 0 bridgehead atoms. The second-order valence-electron chi connectivity index (χ2n) is 2.82. The van der Waals surface area contributed by atoms with Crippen LogP contribution in [0.5, 0.6) is 0 Å². The summed E-state index contributed by atoms with van der Waals surface area (Å²) in [6.45, 7) is 0. The molecule has 0 saturated heterocycles. The fourth-order valence-electron chi connectivity index (χ4n) is 0.836. The Balaban J connectivity index is -0.000000375. The molecule has 0 amide bonds. The van der Waals surface area contributed by atoms with E-state index in [0.29, 0.717) is 0 Å². The number of carboxylic acids is 2. The van der Waals surface area contributed by atoms with Crippen LogP contribution in [-0.4, -0.2) is 139 Å². The molecule has 4 N–H and O–H groups in total. The Hall–Kier alpha value is 0.840. The van der Waals surface area contributed by atoms with Gasteiger partial charge in [-0.1, -0.05) is 0 Å². The topological polar surface area (TPSA) is 158 Å². The number of ether oxygens (including phenoxy) is 1. The van der Waals surface area contributed by atoms with Gasteiger partial charge in [0.25, 0.3) is 0 Å². The third kappa shape index (κ3) is 12.3. The molecular weight excluding hydrogens is 297 g/mol. The van der Waals surface area contributed by atoms with Crippen LogP contribution in [0.4, 0.5) is 4.79 Å². The predicted octanol–water partition coefficient (Wildman–Crippen LogP) is -3.06. The van der Waals surface area contributed by atoms with Crippen molar-refractivity contribution in [2.24, 2.45) is 0 Å². The van der Waals surface area contributed by atoms with Gasteiger partial charge in [-0.3, -0.25) is 9.59 Å². The standard InChI is InChI=1S/C7H8O9.3Na.3H/c8-3(9)1-7(15,5(11)12)2-4(10)16-6(13)14;;;;;;/h15H,1-2H2,(H,8,9)(H,11,12)(H,13,14);;;;;;. The van der Waals surface area contributed by atoms with Crippen molar-refractivity contribution in [3.05, 3.63) is 0 Å². The van der Waals surface area contributed by atoms with Gasteiger partial charge < -0.3 is 25.2 Å². The number of hydrogen-bond donors (Lipinski definition) is 4. The van der Waals surface area contributed by atoms with Gasteiger partial charge in [0.1, 0.15) is 0 Å². The molecule has 0 radical (unpaired) electrons. The zero-order valence-electron chi connectivity index (χ0n) is 7.74. The molecule has 0 aliphatic heterocycles. The van der Waals surface area contributed by atoms with Crippen LogP contribution in [0, 0.1) is 0 Å². The number of carboxylic acid groups (broad SMARTS) is 3. The summed E-state index contributed by atoms with van der Waals surface area (Å²) in [4.78, 5) is 41.4. The Morgan fingerprint density at radius 1 is 0.895 bits per heavy atom. The average molecular weight is 308 g/mol. The second kappa shape index (κ2) is 12.6. The van der Waals surface area contributed by atoms with Crippen molar-refractivity contribution in [2.75, 3.05) is 0 Å². The number of esters is 1. The molecule has 0 rings (SSSR count). The van der Waals surface area contributed by atoms with Crippen molar-refractivity contribution in [1.29, 1.82) is 0 Å². The molecule has 1 atom stereocenters. The van der Waals surface area contributed by atoms with Crippen molar-refractivity contribution in [3.8, 4) is 0 Å². The number of rotatable bonds is 5. The molecule has 1 unspecified atom stereocenters. The minimum absolute atomic E-state index is 0. The number of aliphatic carboxylic acids is 2. The Bertz CT molecular complexity index is 345. The van der Waals surface area contributed by atoms with Gasteiger partial charge in [-0.25, -0.2) is 9.59 Å². The van der Waals surface area contributed by atoms with Crippen molar-refractivity contribution < 1.29 is 44.3 Å². The van der Waals surface area contributed by atoms with Crippen LogP contribution in [0.25, 0.3) is 0 Å². The van der Waals surface area contributed by atoms with Crippen LogP contribution in [0.2, 0.25) is 0 Å². The molecule has 9 nitrogen and oxygen atoms in total. The van der Waals surface area contributed by atoms with Crippen LogP contribution in [0.1, 0.15) is 12.8 Å². The number of carbonyl (C=O) groups is 4. The Kier molecular flexibility index (Phi) is 18.6. The zero-order chi connectivity index (χ0) is 12.9. The summed E-state index contributed by atoms with van der Waals surface area (Å²) < 4.78 is 3.54. The molecular formula is C7H11Na3O9. The first-order valence-electron chi connectivity index (χ1n) is 3.78. The molecule has 0 aromatic rings. The monoisotopic (exact) mass is 308 g/mol. The first kappa shape index (κ1) is 28.1. The minimum atomic E-state index is -2.89. The molecule has 0 aromatic carbocycles. The summed E-state index contributed by atoms with van der Waals surface area (Å²) in [5, 5.41) is 34.1. The zero-order valence-corrected chi connectivity index (χ0v) is 7.74. The van der Waals surface area contributed by atoms with E-state index in [2.05, 4.69) is 4.74 Å². The van der Waals surface area contributed by atoms with Crippen LogP contribution >= 0.6 is 0 Å². The molecule has 0 saturated carbocycles. The van der Waals surface area contributed by atoms with E-state index in [9.17, 15) is 24.3 Å². The summed E-state index contributed by atoms with van der Waals surface area (Å²) in [7, 11) is 0. The van der Waals surface area contributed by atoms with Gasteiger partial charge in [-0.15, -0.1) is 0 Å². The average Bonchev–Trinajstić information content (AvgIpc) is 1.98. The number of aliphatic hydroxyl groups is 1. The van der Waals surface area contributed by atoms with Crippen LogP contribution in [0.15, 0.2) is 0 Å². The maximum absolute atomic E-state index is 10.7. The second-order valence-corrected chi connectivity index (χ2v) is 2.82. The van der Waals surface area contributed by atoms with Gasteiger partial charge in [-0.05, 0) is 0 Å². The first-order chi connectivity index (χ1) is 7.17. The maximum atomic E-state index is 10.7.